The molecule has 1 aliphatic heterocycles. The summed E-state index contributed by atoms with van der Waals surface area (Å²) in [5.41, 5.74) is 5.44. The first-order valence-electron chi connectivity index (χ1n) is 6.84. The van der Waals surface area contributed by atoms with E-state index in [4.69, 9.17) is 5.73 Å². The second kappa shape index (κ2) is 5.40. The summed E-state index contributed by atoms with van der Waals surface area (Å²) in [6.07, 6.45) is 0. The van der Waals surface area contributed by atoms with Gasteiger partial charge in [-0.1, -0.05) is 12.1 Å². The van der Waals surface area contributed by atoms with Crippen LogP contribution in [0.4, 0.5) is 0 Å². The third kappa shape index (κ3) is 2.81. The first-order chi connectivity index (χ1) is 9.67. The summed E-state index contributed by atoms with van der Waals surface area (Å²) >= 11 is 0. The lowest BCUT2D eigenvalue weighted by Crippen LogP contribution is -2.63. The van der Waals surface area contributed by atoms with E-state index in [1.165, 1.54) is 10.4 Å². The van der Waals surface area contributed by atoms with Crippen molar-refractivity contribution in [2.24, 2.45) is 5.73 Å². The largest absolute Gasteiger partial charge is 0.353 e. The highest BCUT2D eigenvalue weighted by Gasteiger charge is 2.44. The molecule has 2 rings (SSSR count). The molecule has 6 nitrogen and oxygen atoms in total. The molecular weight excluding hydrogens is 290 g/mol. The topological polar surface area (TPSA) is 92.5 Å². The number of hydrogen-bond acceptors (Lipinski definition) is 4. The summed E-state index contributed by atoms with van der Waals surface area (Å²) < 4.78 is 26.9. The van der Waals surface area contributed by atoms with Crippen LogP contribution in [-0.2, 0) is 14.8 Å². The van der Waals surface area contributed by atoms with Crippen LogP contribution in [0, 0.1) is 0 Å². The Morgan fingerprint density at radius 1 is 1.38 bits per heavy atom. The quantitative estimate of drug-likeness (QED) is 0.855. The predicted octanol–water partition coefficient (Wildman–Crippen LogP) is 0.605. The van der Waals surface area contributed by atoms with Crippen molar-refractivity contribution in [1.82, 2.24) is 9.62 Å². The Balaban J connectivity index is 2.46. The lowest BCUT2D eigenvalue weighted by Gasteiger charge is -2.39. The van der Waals surface area contributed by atoms with Crippen LogP contribution in [0.15, 0.2) is 29.2 Å². The van der Waals surface area contributed by atoms with Gasteiger partial charge in [0.1, 0.15) is 5.54 Å². The third-order valence-corrected chi connectivity index (χ3v) is 5.82. The average molecular weight is 311 g/mol. The first kappa shape index (κ1) is 15.9. The zero-order valence-corrected chi connectivity index (χ0v) is 13.3. The molecule has 3 N–H and O–H groups in total. The minimum absolute atomic E-state index is 0.167. The number of piperazine rings is 1. The zero-order chi connectivity index (χ0) is 15.8. The average Bonchev–Trinajstić information content (AvgIpc) is 2.41. The van der Waals surface area contributed by atoms with Gasteiger partial charge < -0.3 is 11.1 Å². The van der Waals surface area contributed by atoms with E-state index >= 15 is 0 Å². The van der Waals surface area contributed by atoms with Gasteiger partial charge in [-0.2, -0.15) is 4.31 Å². The molecule has 0 radical (unpaired) electrons. The Hall–Kier alpha value is -1.44. The molecule has 7 heteroatoms. The fraction of sp³-hybridized carbons (Fsp3) is 0.500. The molecule has 1 amide bonds. The zero-order valence-electron chi connectivity index (χ0n) is 12.5. The lowest BCUT2D eigenvalue weighted by molar-refractivity contribution is -0.131. The fourth-order valence-corrected chi connectivity index (χ4v) is 4.19. The number of nitrogens with zero attached hydrogens (tertiary/aromatic N) is 1. The molecule has 0 saturated carbocycles. The molecule has 1 unspecified atom stereocenters. The highest BCUT2D eigenvalue weighted by atomic mass is 32.2. The van der Waals surface area contributed by atoms with Crippen LogP contribution in [0.1, 0.15) is 32.4 Å². The Bertz CT molecular complexity index is 653. The maximum Gasteiger partial charge on any atom is 0.244 e. The number of carbonyl (C=O) groups is 1. The van der Waals surface area contributed by atoms with Crippen molar-refractivity contribution >= 4 is 15.9 Å². The SMILES string of the molecule is CC(N)c1cccc(S(=O)(=O)N2CCNC(=O)C2(C)C)c1. The van der Waals surface area contributed by atoms with Crippen molar-refractivity contribution < 1.29 is 13.2 Å². The van der Waals surface area contributed by atoms with Crippen LogP contribution >= 0.6 is 0 Å². The summed E-state index contributed by atoms with van der Waals surface area (Å²) in [4.78, 5) is 12.1. The molecule has 0 aromatic heterocycles. The molecule has 1 fully saturated rings. The lowest BCUT2D eigenvalue weighted by atomic mass is 10.0. The van der Waals surface area contributed by atoms with Crippen molar-refractivity contribution in [2.45, 2.75) is 37.2 Å². The van der Waals surface area contributed by atoms with Crippen molar-refractivity contribution in [1.29, 1.82) is 0 Å². The monoisotopic (exact) mass is 311 g/mol. The van der Waals surface area contributed by atoms with Crippen LogP contribution in [0.25, 0.3) is 0 Å². The maximum atomic E-state index is 12.8. The molecule has 0 bridgehead atoms. The van der Waals surface area contributed by atoms with Crippen LogP contribution in [0.3, 0.4) is 0 Å². The van der Waals surface area contributed by atoms with Gasteiger partial charge in [0.25, 0.3) is 0 Å². The molecule has 1 aliphatic rings. The molecule has 1 heterocycles. The number of amides is 1. The minimum Gasteiger partial charge on any atom is -0.353 e. The summed E-state index contributed by atoms with van der Waals surface area (Å²) in [7, 11) is -3.74. The molecule has 21 heavy (non-hydrogen) atoms. The van der Waals surface area contributed by atoms with Gasteiger partial charge in [-0.3, -0.25) is 4.79 Å². The number of benzene rings is 1. The molecule has 0 spiro atoms. The summed E-state index contributed by atoms with van der Waals surface area (Å²) in [5, 5.41) is 2.69. The van der Waals surface area contributed by atoms with Crippen molar-refractivity contribution in [3.8, 4) is 0 Å². The number of nitrogens with two attached hydrogens (primary N) is 1. The van der Waals surface area contributed by atoms with E-state index in [1.807, 2.05) is 0 Å². The molecule has 1 aromatic carbocycles. The van der Waals surface area contributed by atoms with Gasteiger partial charge in [-0.25, -0.2) is 8.42 Å². The predicted molar refractivity (Wildman–Crippen MR) is 80.0 cm³/mol. The summed E-state index contributed by atoms with van der Waals surface area (Å²) in [5.74, 6) is -0.291. The molecule has 0 aliphatic carbocycles. The van der Waals surface area contributed by atoms with Crippen LogP contribution in [0.2, 0.25) is 0 Å². The standard InChI is InChI=1S/C14H21N3O3S/c1-10(15)11-5-4-6-12(9-11)21(19,20)17-8-7-16-13(18)14(17,2)3/h4-6,9-10H,7-8,15H2,1-3H3,(H,16,18). The molecular formula is C14H21N3O3S. The summed E-state index contributed by atoms with van der Waals surface area (Å²) in [6, 6.07) is 6.31. The van der Waals surface area contributed by atoms with E-state index in [-0.39, 0.29) is 23.4 Å². The Morgan fingerprint density at radius 3 is 2.67 bits per heavy atom. The van der Waals surface area contributed by atoms with E-state index < -0.39 is 15.6 Å². The van der Waals surface area contributed by atoms with Gasteiger partial charge in [0.2, 0.25) is 15.9 Å². The highest BCUT2D eigenvalue weighted by Crippen LogP contribution is 2.27. The highest BCUT2D eigenvalue weighted by molar-refractivity contribution is 7.89. The fourth-order valence-electron chi connectivity index (χ4n) is 2.39. The molecule has 1 saturated heterocycles. The van der Waals surface area contributed by atoms with E-state index in [2.05, 4.69) is 5.32 Å². The van der Waals surface area contributed by atoms with Crippen LogP contribution in [-0.4, -0.2) is 37.3 Å². The first-order valence-corrected chi connectivity index (χ1v) is 8.28. The number of nitrogens with one attached hydrogen (secondary N) is 1. The van der Waals surface area contributed by atoms with Gasteiger partial charge in [-0.05, 0) is 38.5 Å². The number of sulfonamides is 1. The van der Waals surface area contributed by atoms with Gasteiger partial charge in [0.05, 0.1) is 4.90 Å². The smallest absolute Gasteiger partial charge is 0.244 e. The van der Waals surface area contributed by atoms with Crippen molar-refractivity contribution in [2.75, 3.05) is 13.1 Å². The Morgan fingerprint density at radius 2 is 2.05 bits per heavy atom. The molecule has 1 aromatic rings. The van der Waals surface area contributed by atoms with E-state index in [0.717, 1.165) is 5.56 Å². The molecule has 1 atom stereocenters. The Kier molecular flexibility index (Phi) is 4.10. The second-order valence-electron chi connectivity index (χ2n) is 5.75. The van der Waals surface area contributed by atoms with E-state index in [1.54, 1.807) is 39.0 Å². The second-order valence-corrected chi connectivity index (χ2v) is 7.62. The minimum atomic E-state index is -3.74. The van der Waals surface area contributed by atoms with Crippen molar-refractivity contribution in [3.63, 3.8) is 0 Å². The van der Waals surface area contributed by atoms with Gasteiger partial charge in [0.15, 0.2) is 0 Å². The van der Waals surface area contributed by atoms with Crippen LogP contribution in [0.5, 0.6) is 0 Å². The number of hydrogen-bond donors (Lipinski definition) is 2. The van der Waals surface area contributed by atoms with E-state index in [0.29, 0.717) is 6.54 Å². The maximum absolute atomic E-state index is 12.8. The van der Waals surface area contributed by atoms with Gasteiger partial charge in [-0.15, -0.1) is 0 Å². The van der Waals surface area contributed by atoms with Gasteiger partial charge in [0, 0.05) is 19.1 Å². The number of rotatable bonds is 3. The van der Waals surface area contributed by atoms with E-state index in [9.17, 15) is 13.2 Å². The summed E-state index contributed by atoms with van der Waals surface area (Å²) in [6.45, 7) is 5.57. The normalized spacial score (nSPS) is 20.9. The van der Waals surface area contributed by atoms with Crippen molar-refractivity contribution in [3.05, 3.63) is 29.8 Å². The van der Waals surface area contributed by atoms with Gasteiger partial charge >= 0.3 is 0 Å². The third-order valence-electron chi connectivity index (χ3n) is 3.75. The molecule has 116 valence electrons. The van der Waals surface area contributed by atoms with Crippen LogP contribution < -0.4 is 11.1 Å². The Labute approximate surface area is 125 Å². The number of carbonyl (C=O) groups excluding carboxylic acids is 1.